The first-order valence-electron chi connectivity index (χ1n) is 7.56. The van der Waals surface area contributed by atoms with E-state index in [9.17, 15) is 5.11 Å². The summed E-state index contributed by atoms with van der Waals surface area (Å²) >= 11 is 2.02. The average molecular weight is 270 g/mol. The number of thioether (sulfide) groups is 1. The van der Waals surface area contributed by atoms with E-state index in [2.05, 4.69) is 6.92 Å². The Labute approximate surface area is 115 Å². The largest absolute Gasteiger partial charge is 0.390 e. The van der Waals surface area contributed by atoms with Crippen LogP contribution in [0.3, 0.4) is 0 Å². The molecule has 0 radical (unpaired) electrons. The molecule has 3 fully saturated rings. The van der Waals surface area contributed by atoms with Crippen LogP contribution in [0.2, 0.25) is 0 Å². The smallest absolute Gasteiger partial charge is 0.0784 e. The summed E-state index contributed by atoms with van der Waals surface area (Å²) in [6.45, 7) is 3.16. The van der Waals surface area contributed by atoms with Gasteiger partial charge in [0.1, 0.15) is 0 Å². The van der Waals surface area contributed by atoms with Crippen molar-refractivity contribution in [3.8, 4) is 0 Å². The molecule has 3 aliphatic rings. The maximum atomic E-state index is 11.0. The lowest BCUT2D eigenvalue weighted by Gasteiger charge is -2.47. The van der Waals surface area contributed by atoms with Crippen LogP contribution in [0.5, 0.6) is 0 Å². The molecule has 2 saturated heterocycles. The Hall–Kier alpha value is 0.270. The van der Waals surface area contributed by atoms with Gasteiger partial charge in [-0.05, 0) is 49.7 Å². The minimum absolute atomic E-state index is 0.115. The molecule has 0 aromatic rings. The molecule has 1 aliphatic carbocycles. The number of aliphatic hydroxyl groups is 1. The molecule has 0 bridgehead atoms. The van der Waals surface area contributed by atoms with E-state index in [1.807, 2.05) is 11.8 Å². The molecule has 2 heterocycles. The molecule has 18 heavy (non-hydrogen) atoms. The SMILES string of the molecule is CC1CCCC(O)(C2CCOC3(CCSC3)C2)C1. The molecule has 104 valence electrons. The van der Waals surface area contributed by atoms with E-state index < -0.39 is 0 Å². The molecule has 1 spiro atoms. The van der Waals surface area contributed by atoms with Gasteiger partial charge in [0, 0.05) is 12.4 Å². The number of rotatable bonds is 1. The van der Waals surface area contributed by atoms with Crippen molar-refractivity contribution in [3.05, 3.63) is 0 Å². The van der Waals surface area contributed by atoms with Crippen molar-refractivity contribution in [1.82, 2.24) is 0 Å². The van der Waals surface area contributed by atoms with Crippen LogP contribution in [-0.4, -0.2) is 34.4 Å². The summed E-state index contributed by atoms with van der Waals surface area (Å²) in [5, 5.41) is 11.0. The van der Waals surface area contributed by atoms with Crippen molar-refractivity contribution in [2.24, 2.45) is 11.8 Å². The molecule has 3 heteroatoms. The quantitative estimate of drug-likeness (QED) is 0.793. The molecule has 2 nitrogen and oxygen atoms in total. The number of hydrogen-bond donors (Lipinski definition) is 1. The van der Waals surface area contributed by atoms with Gasteiger partial charge in [0.25, 0.3) is 0 Å². The van der Waals surface area contributed by atoms with Crippen molar-refractivity contribution in [2.75, 3.05) is 18.1 Å². The highest BCUT2D eigenvalue weighted by Gasteiger charge is 2.48. The van der Waals surface area contributed by atoms with Crippen LogP contribution in [-0.2, 0) is 4.74 Å². The molecular weight excluding hydrogens is 244 g/mol. The molecular formula is C15H26O2S. The van der Waals surface area contributed by atoms with E-state index >= 15 is 0 Å². The topological polar surface area (TPSA) is 29.5 Å². The van der Waals surface area contributed by atoms with Crippen molar-refractivity contribution in [1.29, 1.82) is 0 Å². The molecule has 4 unspecified atom stereocenters. The van der Waals surface area contributed by atoms with Crippen LogP contribution in [0.25, 0.3) is 0 Å². The zero-order valence-corrected chi connectivity index (χ0v) is 12.3. The summed E-state index contributed by atoms with van der Waals surface area (Å²) in [6, 6.07) is 0. The van der Waals surface area contributed by atoms with Crippen LogP contribution in [0.1, 0.15) is 51.9 Å². The minimum atomic E-state index is -0.387. The Morgan fingerprint density at radius 1 is 1.22 bits per heavy atom. The summed E-state index contributed by atoms with van der Waals surface area (Å²) in [5.74, 6) is 3.56. The van der Waals surface area contributed by atoms with Crippen LogP contribution in [0.15, 0.2) is 0 Å². The fourth-order valence-corrected chi connectivity index (χ4v) is 5.66. The Kier molecular flexibility index (Phi) is 3.68. The van der Waals surface area contributed by atoms with Crippen molar-refractivity contribution in [3.63, 3.8) is 0 Å². The molecule has 1 saturated carbocycles. The van der Waals surface area contributed by atoms with E-state index in [0.717, 1.165) is 38.0 Å². The monoisotopic (exact) mass is 270 g/mol. The van der Waals surface area contributed by atoms with Crippen LogP contribution in [0, 0.1) is 11.8 Å². The van der Waals surface area contributed by atoms with E-state index in [4.69, 9.17) is 4.74 Å². The fraction of sp³-hybridized carbons (Fsp3) is 1.00. The van der Waals surface area contributed by atoms with Gasteiger partial charge in [0.2, 0.25) is 0 Å². The number of hydrogen-bond acceptors (Lipinski definition) is 3. The zero-order chi connectivity index (χ0) is 12.6. The lowest BCUT2D eigenvalue weighted by atomic mass is 9.67. The second-order valence-corrected chi connectivity index (χ2v) is 7.93. The maximum Gasteiger partial charge on any atom is 0.0784 e. The predicted octanol–water partition coefficient (Wildman–Crippen LogP) is 3.23. The fourth-order valence-electron chi connectivity index (χ4n) is 4.28. The standard InChI is InChI=1S/C15H26O2S/c1-12-3-2-5-15(16,9-12)13-4-7-17-14(10-13)6-8-18-11-14/h12-13,16H,2-11H2,1H3. The summed E-state index contributed by atoms with van der Waals surface area (Å²) in [4.78, 5) is 0. The van der Waals surface area contributed by atoms with Gasteiger partial charge in [-0.1, -0.05) is 19.8 Å². The Morgan fingerprint density at radius 2 is 2.11 bits per heavy atom. The van der Waals surface area contributed by atoms with E-state index in [1.54, 1.807) is 0 Å². The maximum absolute atomic E-state index is 11.0. The van der Waals surface area contributed by atoms with Crippen molar-refractivity contribution >= 4 is 11.8 Å². The third kappa shape index (κ3) is 2.46. The van der Waals surface area contributed by atoms with Gasteiger partial charge in [-0.15, -0.1) is 0 Å². The van der Waals surface area contributed by atoms with E-state index in [1.165, 1.54) is 25.0 Å². The summed E-state index contributed by atoms with van der Waals surface area (Å²) in [5.41, 5.74) is -0.272. The zero-order valence-electron chi connectivity index (χ0n) is 11.5. The highest BCUT2D eigenvalue weighted by molar-refractivity contribution is 7.99. The number of ether oxygens (including phenoxy) is 1. The first kappa shape index (κ1) is 13.3. The summed E-state index contributed by atoms with van der Waals surface area (Å²) in [7, 11) is 0. The molecule has 0 amide bonds. The van der Waals surface area contributed by atoms with Gasteiger partial charge >= 0.3 is 0 Å². The Bertz CT molecular complexity index is 301. The van der Waals surface area contributed by atoms with Crippen molar-refractivity contribution in [2.45, 2.75) is 63.1 Å². The van der Waals surface area contributed by atoms with Gasteiger partial charge in [-0.3, -0.25) is 0 Å². The third-order valence-corrected chi connectivity index (χ3v) is 6.55. The lowest BCUT2D eigenvalue weighted by Crippen LogP contribution is -2.50. The van der Waals surface area contributed by atoms with Crippen molar-refractivity contribution < 1.29 is 9.84 Å². The molecule has 2 aliphatic heterocycles. The normalized spacial score (nSPS) is 49.7. The average Bonchev–Trinajstić information content (AvgIpc) is 2.77. The predicted molar refractivity (Wildman–Crippen MR) is 75.9 cm³/mol. The summed E-state index contributed by atoms with van der Waals surface area (Å²) < 4.78 is 6.09. The van der Waals surface area contributed by atoms with Gasteiger partial charge in [-0.2, -0.15) is 11.8 Å². The van der Waals surface area contributed by atoms with Crippen LogP contribution in [0.4, 0.5) is 0 Å². The van der Waals surface area contributed by atoms with E-state index in [0.29, 0.717) is 11.8 Å². The van der Waals surface area contributed by atoms with Gasteiger partial charge in [-0.25, -0.2) is 0 Å². The Morgan fingerprint density at radius 3 is 2.83 bits per heavy atom. The van der Waals surface area contributed by atoms with Gasteiger partial charge in [0.05, 0.1) is 11.2 Å². The van der Waals surface area contributed by atoms with E-state index in [-0.39, 0.29) is 11.2 Å². The molecule has 0 aromatic carbocycles. The molecule has 3 rings (SSSR count). The molecule has 4 atom stereocenters. The first-order chi connectivity index (χ1) is 8.62. The lowest BCUT2D eigenvalue weighted by molar-refractivity contribution is -0.146. The van der Waals surface area contributed by atoms with Gasteiger partial charge < -0.3 is 9.84 Å². The first-order valence-corrected chi connectivity index (χ1v) is 8.72. The molecule has 1 N–H and O–H groups in total. The minimum Gasteiger partial charge on any atom is -0.390 e. The molecule has 0 aromatic heterocycles. The summed E-state index contributed by atoms with van der Waals surface area (Å²) in [6.07, 6.45) is 7.90. The van der Waals surface area contributed by atoms with Gasteiger partial charge in [0.15, 0.2) is 0 Å². The van der Waals surface area contributed by atoms with Crippen LogP contribution >= 0.6 is 11.8 Å². The van der Waals surface area contributed by atoms with Crippen LogP contribution < -0.4 is 0 Å². The highest BCUT2D eigenvalue weighted by atomic mass is 32.2. The second-order valence-electron chi connectivity index (χ2n) is 6.83. The third-order valence-electron chi connectivity index (χ3n) is 5.33. The Balaban J connectivity index is 1.71. The second kappa shape index (κ2) is 4.99. The highest BCUT2D eigenvalue weighted by Crippen LogP contribution is 2.47.